The second-order valence-electron chi connectivity index (χ2n) is 4.32. The summed E-state index contributed by atoms with van der Waals surface area (Å²) < 4.78 is 25.2. The minimum atomic E-state index is -3.21. The number of hydrogen-bond donors (Lipinski definition) is 1. The lowest BCUT2D eigenvalue weighted by Crippen LogP contribution is -2.33. The molecule has 0 aliphatic heterocycles. The number of sulfonamides is 1. The lowest BCUT2D eigenvalue weighted by atomic mass is 10.1. The molecular weight excluding hydrogens is 236 g/mol. The van der Waals surface area contributed by atoms with Crippen molar-refractivity contribution in [1.29, 1.82) is 0 Å². The van der Waals surface area contributed by atoms with Crippen molar-refractivity contribution in [3.8, 4) is 0 Å². The SMILES string of the molecule is CC(C)S(=O)(=O)N(C)Cc1ccccc1CN. The maximum Gasteiger partial charge on any atom is 0.216 e. The van der Waals surface area contributed by atoms with E-state index in [1.165, 1.54) is 4.31 Å². The van der Waals surface area contributed by atoms with Crippen LogP contribution in [0.4, 0.5) is 0 Å². The van der Waals surface area contributed by atoms with Crippen LogP contribution in [0.3, 0.4) is 0 Å². The highest BCUT2D eigenvalue weighted by atomic mass is 32.2. The molecule has 0 spiro atoms. The van der Waals surface area contributed by atoms with Crippen LogP contribution in [0.2, 0.25) is 0 Å². The first kappa shape index (κ1) is 14.2. The van der Waals surface area contributed by atoms with Gasteiger partial charge >= 0.3 is 0 Å². The Hall–Kier alpha value is -0.910. The van der Waals surface area contributed by atoms with Gasteiger partial charge in [-0.2, -0.15) is 0 Å². The van der Waals surface area contributed by atoms with Gasteiger partial charge in [-0.25, -0.2) is 12.7 Å². The van der Waals surface area contributed by atoms with Crippen LogP contribution in [-0.4, -0.2) is 25.0 Å². The first-order valence-electron chi connectivity index (χ1n) is 5.61. The molecule has 0 aliphatic carbocycles. The van der Waals surface area contributed by atoms with E-state index < -0.39 is 15.3 Å². The Kier molecular flexibility index (Phi) is 4.68. The zero-order valence-corrected chi connectivity index (χ0v) is 11.4. The fourth-order valence-corrected chi connectivity index (χ4v) is 2.64. The molecule has 5 heteroatoms. The third kappa shape index (κ3) is 3.28. The highest BCUT2D eigenvalue weighted by Crippen LogP contribution is 2.14. The topological polar surface area (TPSA) is 63.4 Å². The van der Waals surface area contributed by atoms with Crippen LogP contribution < -0.4 is 5.73 Å². The molecule has 0 amide bonds. The molecule has 96 valence electrons. The van der Waals surface area contributed by atoms with Gasteiger partial charge in [0.2, 0.25) is 10.0 Å². The van der Waals surface area contributed by atoms with Crippen molar-refractivity contribution in [3.05, 3.63) is 35.4 Å². The first-order valence-corrected chi connectivity index (χ1v) is 7.12. The van der Waals surface area contributed by atoms with Gasteiger partial charge in [-0.3, -0.25) is 0 Å². The molecule has 0 radical (unpaired) electrons. The van der Waals surface area contributed by atoms with Crippen molar-refractivity contribution < 1.29 is 8.42 Å². The van der Waals surface area contributed by atoms with Gasteiger partial charge in [-0.05, 0) is 25.0 Å². The molecule has 0 fully saturated rings. The van der Waals surface area contributed by atoms with Crippen LogP contribution >= 0.6 is 0 Å². The lowest BCUT2D eigenvalue weighted by molar-refractivity contribution is 0.458. The second kappa shape index (κ2) is 5.62. The Balaban J connectivity index is 2.92. The van der Waals surface area contributed by atoms with Gasteiger partial charge in [0.05, 0.1) is 5.25 Å². The molecule has 0 heterocycles. The summed E-state index contributed by atoms with van der Waals surface area (Å²) in [5.74, 6) is 0. The van der Waals surface area contributed by atoms with Crippen LogP contribution in [-0.2, 0) is 23.1 Å². The van der Waals surface area contributed by atoms with Gasteiger partial charge in [0.15, 0.2) is 0 Å². The molecule has 0 aliphatic rings. The third-order valence-electron chi connectivity index (χ3n) is 2.76. The summed E-state index contributed by atoms with van der Waals surface area (Å²) in [5.41, 5.74) is 7.57. The molecule has 1 aromatic carbocycles. The minimum Gasteiger partial charge on any atom is -0.326 e. The molecule has 17 heavy (non-hydrogen) atoms. The Morgan fingerprint density at radius 3 is 2.24 bits per heavy atom. The molecule has 0 saturated carbocycles. The highest BCUT2D eigenvalue weighted by molar-refractivity contribution is 7.89. The largest absolute Gasteiger partial charge is 0.326 e. The summed E-state index contributed by atoms with van der Waals surface area (Å²) in [7, 11) is -1.61. The zero-order chi connectivity index (χ0) is 13.1. The summed E-state index contributed by atoms with van der Waals surface area (Å²) in [4.78, 5) is 0. The van der Waals surface area contributed by atoms with E-state index in [1.54, 1.807) is 20.9 Å². The van der Waals surface area contributed by atoms with E-state index in [2.05, 4.69) is 0 Å². The fourth-order valence-electron chi connectivity index (χ4n) is 1.60. The van der Waals surface area contributed by atoms with Crippen LogP contribution in [0.15, 0.2) is 24.3 Å². The Morgan fingerprint density at radius 1 is 1.24 bits per heavy atom. The average molecular weight is 256 g/mol. The smallest absolute Gasteiger partial charge is 0.216 e. The van der Waals surface area contributed by atoms with E-state index in [1.807, 2.05) is 24.3 Å². The van der Waals surface area contributed by atoms with Crippen LogP contribution in [0.25, 0.3) is 0 Å². The van der Waals surface area contributed by atoms with Crippen LogP contribution in [0, 0.1) is 0 Å². The van der Waals surface area contributed by atoms with Gasteiger partial charge in [0.1, 0.15) is 0 Å². The number of nitrogens with zero attached hydrogens (tertiary/aromatic N) is 1. The number of rotatable bonds is 5. The summed E-state index contributed by atoms with van der Waals surface area (Å²) >= 11 is 0. The van der Waals surface area contributed by atoms with Crippen LogP contribution in [0.1, 0.15) is 25.0 Å². The summed E-state index contributed by atoms with van der Waals surface area (Å²) in [6.07, 6.45) is 0. The van der Waals surface area contributed by atoms with Crippen LogP contribution in [0.5, 0.6) is 0 Å². The molecule has 1 aromatic rings. The zero-order valence-electron chi connectivity index (χ0n) is 10.6. The second-order valence-corrected chi connectivity index (χ2v) is 6.92. The van der Waals surface area contributed by atoms with Crippen molar-refractivity contribution in [2.75, 3.05) is 7.05 Å². The first-order chi connectivity index (χ1) is 7.89. The van der Waals surface area contributed by atoms with E-state index >= 15 is 0 Å². The van der Waals surface area contributed by atoms with Crippen molar-refractivity contribution in [2.24, 2.45) is 5.73 Å². The maximum absolute atomic E-state index is 11.9. The molecular formula is C12H20N2O2S. The predicted octanol–water partition coefficient (Wildman–Crippen LogP) is 1.32. The number of benzene rings is 1. The Morgan fingerprint density at radius 2 is 1.76 bits per heavy atom. The average Bonchev–Trinajstić information content (AvgIpc) is 2.29. The summed E-state index contributed by atoms with van der Waals surface area (Å²) in [6, 6.07) is 7.63. The third-order valence-corrected chi connectivity index (χ3v) is 4.95. The number of nitrogens with two attached hydrogens (primary N) is 1. The van der Waals surface area contributed by atoms with Gasteiger partial charge in [0.25, 0.3) is 0 Å². The summed E-state index contributed by atoms with van der Waals surface area (Å²) in [6.45, 7) is 4.15. The Labute approximate surface area is 103 Å². The molecule has 0 unspecified atom stereocenters. The van der Waals surface area contributed by atoms with E-state index in [4.69, 9.17) is 5.73 Å². The van der Waals surface area contributed by atoms with Gasteiger partial charge in [-0.1, -0.05) is 24.3 Å². The van der Waals surface area contributed by atoms with E-state index in [0.29, 0.717) is 13.1 Å². The van der Waals surface area contributed by atoms with E-state index in [-0.39, 0.29) is 0 Å². The molecule has 1 rings (SSSR count). The molecule has 4 nitrogen and oxygen atoms in total. The van der Waals surface area contributed by atoms with E-state index in [9.17, 15) is 8.42 Å². The molecule has 0 atom stereocenters. The van der Waals surface area contributed by atoms with Crippen molar-refractivity contribution >= 4 is 10.0 Å². The maximum atomic E-state index is 11.9. The highest BCUT2D eigenvalue weighted by Gasteiger charge is 2.22. The van der Waals surface area contributed by atoms with Gasteiger partial charge in [0, 0.05) is 20.1 Å². The minimum absolute atomic E-state index is 0.369. The van der Waals surface area contributed by atoms with Gasteiger partial charge < -0.3 is 5.73 Å². The molecule has 0 bridgehead atoms. The predicted molar refractivity (Wildman–Crippen MR) is 69.9 cm³/mol. The quantitative estimate of drug-likeness (QED) is 0.864. The molecule has 0 aromatic heterocycles. The van der Waals surface area contributed by atoms with Crippen molar-refractivity contribution in [2.45, 2.75) is 32.2 Å². The monoisotopic (exact) mass is 256 g/mol. The normalized spacial score (nSPS) is 12.4. The fraction of sp³-hybridized carbons (Fsp3) is 0.500. The van der Waals surface area contributed by atoms with E-state index in [0.717, 1.165) is 11.1 Å². The van der Waals surface area contributed by atoms with Crippen molar-refractivity contribution in [1.82, 2.24) is 4.31 Å². The lowest BCUT2D eigenvalue weighted by Gasteiger charge is -2.20. The summed E-state index contributed by atoms with van der Waals surface area (Å²) in [5, 5.41) is -0.405. The number of hydrogen-bond acceptors (Lipinski definition) is 3. The van der Waals surface area contributed by atoms with Gasteiger partial charge in [-0.15, -0.1) is 0 Å². The molecule has 0 saturated heterocycles. The Bertz CT molecular complexity index is 469. The standard InChI is InChI=1S/C12H20N2O2S/c1-10(2)17(15,16)14(3)9-12-7-5-4-6-11(12)8-13/h4-7,10H,8-9,13H2,1-3H3. The van der Waals surface area contributed by atoms with Crippen molar-refractivity contribution in [3.63, 3.8) is 0 Å². The molecule has 2 N–H and O–H groups in total.